The van der Waals surface area contributed by atoms with Gasteiger partial charge >= 0.3 is 11.9 Å². The maximum absolute atomic E-state index is 12.2. The summed E-state index contributed by atoms with van der Waals surface area (Å²) in [7, 11) is -2.93. The average Bonchev–Trinajstić information content (AvgIpc) is 2.80. The van der Waals surface area contributed by atoms with E-state index in [0.29, 0.717) is 0 Å². The van der Waals surface area contributed by atoms with Gasteiger partial charge in [0, 0.05) is 0 Å². The van der Waals surface area contributed by atoms with Gasteiger partial charge in [-0.2, -0.15) is 4.72 Å². The maximum atomic E-state index is 12.2. The van der Waals surface area contributed by atoms with Gasteiger partial charge in [-0.1, -0.05) is 6.08 Å². The van der Waals surface area contributed by atoms with Crippen molar-refractivity contribution in [3.05, 3.63) is 27.4 Å². The Morgan fingerprint density at radius 2 is 2.24 bits per heavy atom. The summed E-state index contributed by atoms with van der Waals surface area (Å²) in [6.45, 7) is 3.38. The average molecular weight is 398 g/mol. The minimum atomic E-state index is -4.10. The second-order valence-electron chi connectivity index (χ2n) is 3.78. The van der Waals surface area contributed by atoms with Crippen molar-refractivity contribution in [3.63, 3.8) is 0 Å². The predicted octanol–water partition coefficient (Wildman–Crippen LogP) is 1.60. The lowest BCUT2D eigenvalue weighted by atomic mass is 10.2. The van der Waals surface area contributed by atoms with E-state index in [4.69, 9.17) is 5.11 Å². The Morgan fingerprint density at radius 3 is 2.71 bits per heavy atom. The van der Waals surface area contributed by atoms with Crippen LogP contribution in [0.25, 0.3) is 0 Å². The molecule has 0 aromatic carbocycles. The Morgan fingerprint density at radius 1 is 1.62 bits per heavy atom. The summed E-state index contributed by atoms with van der Waals surface area (Å²) in [6.07, 6.45) is 1.23. The Kier molecular flexibility index (Phi) is 6.08. The Balaban J connectivity index is 3.13. The summed E-state index contributed by atoms with van der Waals surface area (Å²) in [5.74, 6) is -2.00. The van der Waals surface area contributed by atoms with E-state index in [1.54, 1.807) is 0 Å². The maximum Gasteiger partial charge on any atom is 0.348 e. The number of rotatable bonds is 7. The van der Waals surface area contributed by atoms with Gasteiger partial charge in [-0.15, -0.1) is 17.9 Å². The monoisotopic (exact) mass is 397 g/mol. The highest BCUT2D eigenvalue weighted by atomic mass is 79.9. The van der Waals surface area contributed by atoms with Crippen LogP contribution in [0.3, 0.4) is 0 Å². The number of hydrogen-bond donors (Lipinski definition) is 2. The Labute approximate surface area is 133 Å². The number of sulfonamides is 1. The third-order valence-corrected chi connectivity index (χ3v) is 6.03. The smallest absolute Gasteiger partial charge is 0.348 e. The molecule has 116 valence electrons. The molecular formula is C11H12BrNO6S2. The molecule has 1 unspecified atom stereocenters. The molecule has 0 fully saturated rings. The van der Waals surface area contributed by atoms with Gasteiger partial charge in [0.25, 0.3) is 0 Å². The van der Waals surface area contributed by atoms with Crippen molar-refractivity contribution < 1.29 is 27.9 Å². The van der Waals surface area contributed by atoms with Gasteiger partial charge in [0.2, 0.25) is 10.0 Å². The topological polar surface area (TPSA) is 110 Å². The van der Waals surface area contributed by atoms with Gasteiger partial charge in [0.1, 0.15) is 15.8 Å². The van der Waals surface area contributed by atoms with E-state index in [-0.39, 0.29) is 20.0 Å². The fourth-order valence-electron chi connectivity index (χ4n) is 1.35. The third kappa shape index (κ3) is 4.37. The van der Waals surface area contributed by atoms with Crippen LogP contribution in [0.4, 0.5) is 0 Å². The summed E-state index contributed by atoms with van der Waals surface area (Å²) >= 11 is 3.92. The van der Waals surface area contributed by atoms with Gasteiger partial charge < -0.3 is 9.84 Å². The highest BCUT2D eigenvalue weighted by Crippen LogP contribution is 2.32. The molecule has 1 aromatic rings. The number of hydrogen-bond acceptors (Lipinski definition) is 6. The van der Waals surface area contributed by atoms with E-state index < -0.39 is 28.0 Å². The quantitative estimate of drug-likeness (QED) is 0.534. The van der Waals surface area contributed by atoms with Crippen LogP contribution < -0.4 is 4.72 Å². The Bertz CT molecular complexity index is 666. The molecule has 0 aliphatic rings. The molecule has 0 amide bonds. The summed E-state index contributed by atoms with van der Waals surface area (Å²) < 4.78 is 31.1. The van der Waals surface area contributed by atoms with Crippen LogP contribution >= 0.6 is 27.3 Å². The van der Waals surface area contributed by atoms with Crippen molar-refractivity contribution in [2.24, 2.45) is 0 Å². The lowest BCUT2D eigenvalue weighted by Gasteiger charge is -2.12. The summed E-state index contributed by atoms with van der Waals surface area (Å²) in [4.78, 5) is 22.2. The minimum absolute atomic E-state index is 0.0693. The fourth-order valence-corrected chi connectivity index (χ4v) is 5.04. The SMILES string of the molecule is C=CCC(NS(=O)(=O)c1cc(C(=O)OC)sc1Br)C(=O)O. The van der Waals surface area contributed by atoms with Crippen molar-refractivity contribution in [2.45, 2.75) is 17.4 Å². The molecule has 21 heavy (non-hydrogen) atoms. The van der Waals surface area contributed by atoms with Crippen LogP contribution in [0.15, 0.2) is 27.4 Å². The van der Waals surface area contributed by atoms with Crippen LogP contribution in [0.2, 0.25) is 0 Å². The molecule has 7 nitrogen and oxygen atoms in total. The molecule has 1 aromatic heterocycles. The number of carbonyl (C=O) groups is 2. The number of halogens is 1. The predicted molar refractivity (Wildman–Crippen MR) is 79.9 cm³/mol. The molecule has 0 radical (unpaired) electrons. The number of carboxylic acids is 1. The molecular weight excluding hydrogens is 386 g/mol. The van der Waals surface area contributed by atoms with Crippen molar-refractivity contribution in [1.29, 1.82) is 0 Å². The fraction of sp³-hybridized carbons (Fsp3) is 0.273. The first-order valence-corrected chi connectivity index (χ1v) is 8.56. The molecule has 0 aliphatic carbocycles. The number of carboxylic acid groups (broad SMARTS) is 1. The molecule has 0 saturated carbocycles. The molecule has 1 rings (SSSR count). The molecule has 2 N–H and O–H groups in total. The molecule has 1 heterocycles. The zero-order valence-corrected chi connectivity index (χ0v) is 14.0. The van der Waals surface area contributed by atoms with Crippen LogP contribution in [-0.4, -0.2) is 38.6 Å². The molecule has 0 bridgehead atoms. The highest BCUT2D eigenvalue weighted by molar-refractivity contribution is 9.11. The first-order valence-electron chi connectivity index (χ1n) is 5.46. The largest absolute Gasteiger partial charge is 0.480 e. The molecule has 10 heteroatoms. The summed E-state index contributed by atoms with van der Waals surface area (Å²) in [5.41, 5.74) is 0. The van der Waals surface area contributed by atoms with Gasteiger partial charge in [-0.25, -0.2) is 13.2 Å². The second kappa shape index (κ2) is 7.16. The van der Waals surface area contributed by atoms with Crippen molar-refractivity contribution in [2.75, 3.05) is 7.11 Å². The van der Waals surface area contributed by atoms with Gasteiger partial charge in [-0.05, 0) is 28.4 Å². The number of methoxy groups -OCH3 is 1. The van der Waals surface area contributed by atoms with Crippen LogP contribution in [0.5, 0.6) is 0 Å². The van der Waals surface area contributed by atoms with E-state index in [1.165, 1.54) is 13.2 Å². The number of thiophene rings is 1. The van der Waals surface area contributed by atoms with Gasteiger partial charge in [0.15, 0.2) is 0 Å². The van der Waals surface area contributed by atoms with Gasteiger partial charge in [0.05, 0.1) is 10.9 Å². The van der Waals surface area contributed by atoms with Crippen LogP contribution in [0.1, 0.15) is 16.1 Å². The number of nitrogens with one attached hydrogen (secondary N) is 1. The molecule has 0 spiro atoms. The zero-order valence-electron chi connectivity index (χ0n) is 10.8. The lowest BCUT2D eigenvalue weighted by molar-refractivity contribution is -0.138. The van der Waals surface area contributed by atoms with Crippen molar-refractivity contribution in [1.82, 2.24) is 4.72 Å². The molecule has 0 saturated heterocycles. The summed E-state index contributed by atoms with van der Waals surface area (Å²) in [6, 6.07) is -0.212. The van der Waals surface area contributed by atoms with E-state index in [1.807, 2.05) is 4.72 Å². The summed E-state index contributed by atoms with van der Waals surface area (Å²) in [5, 5.41) is 8.96. The highest BCUT2D eigenvalue weighted by Gasteiger charge is 2.28. The van der Waals surface area contributed by atoms with Crippen molar-refractivity contribution in [3.8, 4) is 0 Å². The zero-order chi connectivity index (χ0) is 16.2. The normalized spacial score (nSPS) is 12.7. The molecule has 1 atom stereocenters. The number of ether oxygens (including phenoxy) is 1. The van der Waals surface area contributed by atoms with E-state index in [9.17, 15) is 18.0 Å². The van der Waals surface area contributed by atoms with Crippen LogP contribution in [-0.2, 0) is 19.6 Å². The van der Waals surface area contributed by atoms with E-state index in [2.05, 4.69) is 27.2 Å². The van der Waals surface area contributed by atoms with Crippen LogP contribution in [0, 0.1) is 0 Å². The third-order valence-electron chi connectivity index (χ3n) is 2.33. The first kappa shape index (κ1) is 17.8. The standard InChI is InChI=1S/C11H12BrNO6S2/c1-3-4-6(10(14)15)13-21(17,18)8-5-7(11(16)19-2)20-9(8)12/h3,5-6,13H,1,4H2,2H3,(H,14,15). The first-order chi connectivity index (χ1) is 9.72. The van der Waals surface area contributed by atoms with E-state index >= 15 is 0 Å². The van der Waals surface area contributed by atoms with E-state index in [0.717, 1.165) is 17.4 Å². The Hall–Kier alpha value is -1.23. The molecule has 0 aliphatic heterocycles. The second-order valence-corrected chi connectivity index (χ2v) is 7.83. The minimum Gasteiger partial charge on any atom is -0.480 e. The number of aliphatic carboxylic acids is 1. The number of carbonyl (C=O) groups excluding carboxylic acids is 1. The number of esters is 1. The van der Waals surface area contributed by atoms with Crippen molar-refractivity contribution >= 4 is 49.2 Å². The van der Waals surface area contributed by atoms with Gasteiger partial charge in [-0.3, -0.25) is 4.79 Å². The lowest BCUT2D eigenvalue weighted by Crippen LogP contribution is -2.40.